The van der Waals surface area contributed by atoms with Crippen LogP contribution in [0.3, 0.4) is 0 Å². The molecule has 0 fully saturated rings. The number of ether oxygens (including phenoxy) is 1. The van der Waals surface area contributed by atoms with Gasteiger partial charge >= 0.3 is 0 Å². The molecule has 3 rings (SSSR count). The average molecular weight is 355 g/mol. The maximum atomic E-state index is 12.1. The Labute approximate surface area is 149 Å². The maximum absolute atomic E-state index is 12.1. The van der Waals surface area contributed by atoms with Crippen LogP contribution in [0.1, 0.15) is 15.9 Å². The van der Waals surface area contributed by atoms with Gasteiger partial charge in [-0.25, -0.2) is 0 Å². The minimum atomic E-state index is -0.600. The summed E-state index contributed by atoms with van der Waals surface area (Å²) in [5.74, 6) is -0.218. The van der Waals surface area contributed by atoms with Gasteiger partial charge in [0.2, 0.25) is 5.91 Å². The van der Waals surface area contributed by atoms with Gasteiger partial charge in [-0.1, -0.05) is 29.8 Å². The number of rotatable bonds is 4. The van der Waals surface area contributed by atoms with Gasteiger partial charge in [0, 0.05) is 16.7 Å². The maximum Gasteiger partial charge on any atom is 0.250 e. The topological polar surface area (TPSA) is 81.4 Å². The van der Waals surface area contributed by atoms with Crippen LogP contribution in [0.4, 0.5) is 5.69 Å². The number of anilines is 1. The molecule has 0 saturated carbocycles. The van der Waals surface area contributed by atoms with Gasteiger partial charge in [0.1, 0.15) is 12.4 Å². The van der Waals surface area contributed by atoms with E-state index in [1.54, 1.807) is 42.5 Å². The standard InChI is InChI=1S/C19H15ClN2O3/c20-14-6-7-17-13(10-14)9-12(11-25-17)5-8-18(23)22-16-4-2-1-3-15(16)19(21)24/h1-10H,11H2,(H2,21,24)(H,22,23)/b8-5+. The molecule has 25 heavy (non-hydrogen) atoms. The molecule has 3 N–H and O–H groups in total. The fourth-order valence-corrected chi connectivity index (χ4v) is 2.61. The number of halogens is 1. The molecule has 0 aromatic heterocycles. The smallest absolute Gasteiger partial charge is 0.250 e. The predicted octanol–water partition coefficient (Wildman–Crippen LogP) is 3.41. The van der Waals surface area contributed by atoms with E-state index in [1.165, 1.54) is 6.08 Å². The Balaban J connectivity index is 1.73. The highest BCUT2D eigenvalue weighted by Crippen LogP contribution is 2.29. The first-order valence-electron chi connectivity index (χ1n) is 7.54. The molecule has 0 atom stereocenters. The summed E-state index contributed by atoms with van der Waals surface area (Å²) in [5.41, 5.74) is 7.61. The number of carbonyl (C=O) groups excluding carboxylic acids is 2. The molecule has 1 aliphatic rings. The van der Waals surface area contributed by atoms with Crippen LogP contribution >= 0.6 is 11.6 Å². The molecular weight excluding hydrogens is 340 g/mol. The van der Waals surface area contributed by atoms with E-state index in [1.807, 2.05) is 12.1 Å². The largest absolute Gasteiger partial charge is 0.488 e. The van der Waals surface area contributed by atoms with E-state index < -0.39 is 5.91 Å². The van der Waals surface area contributed by atoms with Gasteiger partial charge in [0.05, 0.1) is 11.3 Å². The van der Waals surface area contributed by atoms with Gasteiger partial charge in [-0.3, -0.25) is 9.59 Å². The summed E-state index contributed by atoms with van der Waals surface area (Å²) in [7, 11) is 0. The third kappa shape index (κ3) is 4.08. The zero-order valence-corrected chi connectivity index (χ0v) is 13.9. The molecule has 0 radical (unpaired) electrons. The van der Waals surface area contributed by atoms with Crippen LogP contribution in [0, 0.1) is 0 Å². The van der Waals surface area contributed by atoms with Gasteiger partial charge in [0.25, 0.3) is 5.91 Å². The number of nitrogens with one attached hydrogen (secondary N) is 1. The Morgan fingerprint density at radius 3 is 2.80 bits per heavy atom. The molecule has 0 spiro atoms. The van der Waals surface area contributed by atoms with E-state index in [0.29, 0.717) is 17.3 Å². The quantitative estimate of drug-likeness (QED) is 0.825. The minimum absolute atomic E-state index is 0.257. The van der Waals surface area contributed by atoms with Crippen LogP contribution in [0.25, 0.3) is 6.08 Å². The lowest BCUT2D eigenvalue weighted by atomic mass is 10.1. The van der Waals surface area contributed by atoms with E-state index in [9.17, 15) is 9.59 Å². The number of benzene rings is 2. The number of amides is 2. The molecule has 0 unspecified atom stereocenters. The van der Waals surface area contributed by atoms with Gasteiger partial charge in [-0.2, -0.15) is 0 Å². The lowest BCUT2D eigenvalue weighted by Crippen LogP contribution is -2.17. The number of para-hydroxylation sites is 1. The van der Waals surface area contributed by atoms with E-state index in [0.717, 1.165) is 16.9 Å². The summed E-state index contributed by atoms with van der Waals surface area (Å²) in [6.45, 7) is 0.357. The second-order valence-electron chi connectivity index (χ2n) is 5.42. The van der Waals surface area contributed by atoms with Crippen LogP contribution < -0.4 is 15.8 Å². The van der Waals surface area contributed by atoms with Crippen molar-refractivity contribution < 1.29 is 14.3 Å². The molecule has 2 amide bonds. The Kier molecular flexibility index (Phi) is 4.86. The highest BCUT2D eigenvalue weighted by atomic mass is 35.5. The highest BCUT2D eigenvalue weighted by molar-refractivity contribution is 6.30. The zero-order chi connectivity index (χ0) is 17.8. The van der Waals surface area contributed by atoms with Gasteiger partial charge in [0.15, 0.2) is 0 Å². The first-order chi connectivity index (χ1) is 12.0. The Morgan fingerprint density at radius 1 is 1.20 bits per heavy atom. The number of fused-ring (bicyclic) bond motifs is 1. The summed E-state index contributed by atoms with van der Waals surface area (Å²) >= 11 is 5.98. The summed E-state index contributed by atoms with van der Waals surface area (Å²) in [4.78, 5) is 23.5. The van der Waals surface area contributed by atoms with Crippen molar-refractivity contribution in [3.8, 4) is 5.75 Å². The summed E-state index contributed by atoms with van der Waals surface area (Å²) in [6.07, 6.45) is 4.94. The van der Waals surface area contributed by atoms with Crippen molar-refractivity contribution in [2.75, 3.05) is 11.9 Å². The summed E-state index contributed by atoms with van der Waals surface area (Å²) < 4.78 is 5.62. The number of primary amides is 1. The Hall–Kier alpha value is -3.05. The lowest BCUT2D eigenvalue weighted by molar-refractivity contribution is -0.111. The molecule has 2 aromatic carbocycles. The second kappa shape index (κ2) is 7.23. The first-order valence-corrected chi connectivity index (χ1v) is 7.91. The SMILES string of the molecule is NC(=O)c1ccccc1NC(=O)/C=C/C1=Cc2cc(Cl)ccc2OC1. The van der Waals surface area contributed by atoms with Crippen LogP contribution in [0.5, 0.6) is 5.75 Å². The molecule has 0 bridgehead atoms. The van der Waals surface area contributed by atoms with Crippen molar-refractivity contribution in [2.45, 2.75) is 0 Å². The molecule has 126 valence electrons. The molecular formula is C19H15ClN2O3. The van der Waals surface area contributed by atoms with Crippen LogP contribution in [-0.2, 0) is 4.79 Å². The zero-order valence-electron chi connectivity index (χ0n) is 13.2. The first kappa shape index (κ1) is 16.8. The number of hydrogen-bond acceptors (Lipinski definition) is 3. The van der Waals surface area contributed by atoms with Crippen molar-refractivity contribution in [1.82, 2.24) is 0 Å². The minimum Gasteiger partial charge on any atom is -0.488 e. The van der Waals surface area contributed by atoms with Crippen LogP contribution in [0.2, 0.25) is 5.02 Å². The number of hydrogen-bond donors (Lipinski definition) is 2. The number of nitrogens with two attached hydrogens (primary N) is 1. The summed E-state index contributed by atoms with van der Waals surface area (Å²) in [6, 6.07) is 11.9. The van der Waals surface area contributed by atoms with Gasteiger partial charge in [-0.15, -0.1) is 0 Å². The van der Waals surface area contributed by atoms with Crippen LogP contribution in [0.15, 0.2) is 60.2 Å². The van der Waals surface area contributed by atoms with Gasteiger partial charge in [-0.05, 0) is 42.0 Å². The fraction of sp³-hybridized carbons (Fsp3) is 0.0526. The molecule has 2 aromatic rings. The lowest BCUT2D eigenvalue weighted by Gasteiger charge is -2.16. The van der Waals surface area contributed by atoms with Crippen molar-refractivity contribution in [2.24, 2.45) is 5.73 Å². The van der Waals surface area contributed by atoms with E-state index in [4.69, 9.17) is 22.1 Å². The monoisotopic (exact) mass is 354 g/mol. The normalized spacial score (nSPS) is 12.9. The third-order valence-corrected chi connectivity index (χ3v) is 3.84. The molecule has 1 aliphatic heterocycles. The fourth-order valence-electron chi connectivity index (χ4n) is 2.43. The molecule has 0 aliphatic carbocycles. The molecule has 5 nitrogen and oxygen atoms in total. The Morgan fingerprint density at radius 2 is 2.00 bits per heavy atom. The third-order valence-electron chi connectivity index (χ3n) is 3.61. The van der Waals surface area contributed by atoms with E-state index >= 15 is 0 Å². The Bertz CT molecular complexity index is 903. The highest BCUT2D eigenvalue weighted by Gasteiger charge is 2.11. The number of carbonyl (C=O) groups is 2. The van der Waals surface area contributed by atoms with Crippen molar-refractivity contribution in [3.63, 3.8) is 0 Å². The predicted molar refractivity (Wildman–Crippen MR) is 97.7 cm³/mol. The van der Waals surface area contributed by atoms with Crippen molar-refractivity contribution >= 4 is 35.2 Å². The van der Waals surface area contributed by atoms with E-state index in [-0.39, 0.29) is 11.5 Å². The van der Waals surface area contributed by atoms with Crippen LogP contribution in [-0.4, -0.2) is 18.4 Å². The van der Waals surface area contributed by atoms with Crippen molar-refractivity contribution in [3.05, 3.63) is 76.3 Å². The van der Waals surface area contributed by atoms with Crippen molar-refractivity contribution in [1.29, 1.82) is 0 Å². The second-order valence-corrected chi connectivity index (χ2v) is 5.86. The summed E-state index contributed by atoms with van der Waals surface area (Å²) in [5, 5.41) is 3.26. The average Bonchev–Trinajstić information content (AvgIpc) is 2.60. The van der Waals surface area contributed by atoms with E-state index in [2.05, 4.69) is 5.32 Å². The molecule has 6 heteroatoms. The molecule has 0 saturated heterocycles. The molecule has 1 heterocycles. The van der Waals surface area contributed by atoms with Gasteiger partial charge < -0.3 is 15.8 Å².